The molecule has 0 radical (unpaired) electrons. The predicted molar refractivity (Wildman–Crippen MR) is 123 cm³/mol. The van der Waals surface area contributed by atoms with E-state index >= 15 is 0 Å². The molecule has 1 aliphatic rings. The summed E-state index contributed by atoms with van der Waals surface area (Å²) in [6, 6.07) is 12.6. The zero-order valence-electron chi connectivity index (χ0n) is 17.3. The second-order valence-electron chi connectivity index (χ2n) is 7.31. The summed E-state index contributed by atoms with van der Waals surface area (Å²) < 4.78 is 5.48. The van der Waals surface area contributed by atoms with Crippen LogP contribution in [0.2, 0.25) is 0 Å². The van der Waals surface area contributed by atoms with E-state index in [1.807, 2.05) is 31.3 Å². The summed E-state index contributed by atoms with van der Waals surface area (Å²) in [4.78, 5) is 14.0. The summed E-state index contributed by atoms with van der Waals surface area (Å²) in [6.07, 6.45) is 5.56. The lowest BCUT2D eigenvalue weighted by Crippen LogP contribution is -2.31. The molecule has 3 aromatic rings. The van der Waals surface area contributed by atoms with E-state index < -0.39 is 0 Å². The van der Waals surface area contributed by atoms with Crippen LogP contribution in [0.25, 0.3) is 17.5 Å². The molecule has 4 rings (SSSR count). The largest absolute Gasteiger partial charge is 0.355 e. The first-order valence-electron chi connectivity index (χ1n) is 10.2. The van der Waals surface area contributed by atoms with E-state index in [1.165, 1.54) is 5.56 Å². The minimum atomic E-state index is 0. The highest BCUT2D eigenvalue weighted by Crippen LogP contribution is 2.28. The van der Waals surface area contributed by atoms with Crippen LogP contribution in [0.15, 0.2) is 53.7 Å². The molecule has 1 fully saturated rings. The van der Waals surface area contributed by atoms with Gasteiger partial charge >= 0.3 is 0 Å². The van der Waals surface area contributed by atoms with E-state index in [-0.39, 0.29) is 12.4 Å². The molecule has 158 valence electrons. The first-order chi connectivity index (χ1) is 14.3. The maximum atomic E-state index is 5.48. The van der Waals surface area contributed by atoms with Crippen molar-refractivity contribution in [3.63, 3.8) is 0 Å². The average molecular weight is 426 g/mol. The van der Waals surface area contributed by atoms with Crippen molar-refractivity contribution in [1.82, 2.24) is 20.0 Å². The number of aromatic nitrogens is 3. The monoisotopic (exact) mass is 425 g/mol. The highest BCUT2D eigenvalue weighted by atomic mass is 35.5. The molecule has 0 unspecified atom stereocenters. The molecule has 0 spiro atoms. The number of hydrogen-bond donors (Lipinski definition) is 0. The molecule has 1 aliphatic heterocycles. The highest BCUT2D eigenvalue weighted by Gasteiger charge is 2.21. The minimum Gasteiger partial charge on any atom is -0.355 e. The Hall–Kier alpha value is -2.70. The van der Waals surface area contributed by atoms with Gasteiger partial charge in [-0.2, -0.15) is 4.98 Å². The SMILES string of the molecule is C=Cc1ccc(CN2CCCN(c3ncccc3-c3nc(CC)no3)CC2)cc1.Cl. The molecule has 0 amide bonds. The van der Waals surface area contributed by atoms with Crippen molar-refractivity contribution < 1.29 is 4.52 Å². The van der Waals surface area contributed by atoms with E-state index in [2.05, 4.69) is 55.8 Å². The molecule has 1 aromatic carbocycles. The van der Waals surface area contributed by atoms with Crippen LogP contribution in [-0.2, 0) is 13.0 Å². The van der Waals surface area contributed by atoms with Gasteiger partial charge in [0.15, 0.2) is 5.82 Å². The Morgan fingerprint density at radius 2 is 1.93 bits per heavy atom. The Balaban J connectivity index is 0.00000256. The van der Waals surface area contributed by atoms with Crippen LogP contribution in [0.4, 0.5) is 5.82 Å². The molecule has 0 bridgehead atoms. The van der Waals surface area contributed by atoms with Gasteiger partial charge in [-0.25, -0.2) is 4.98 Å². The molecular formula is C23H28ClN5O. The van der Waals surface area contributed by atoms with Crippen molar-refractivity contribution in [2.24, 2.45) is 0 Å². The Morgan fingerprint density at radius 1 is 1.10 bits per heavy atom. The number of anilines is 1. The highest BCUT2D eigenvalue weighted by molar-refractivity contribution is 5.85. The topological polar surface area (TPSA) is 58.3 Å². The van der Waals surface area contributed by atoms with Crippen molar-refractivity contribution in [1.29, 1.82) is 0 Å². The van der Waals surface area contributed by atoms with Gasteiger partial charge in [0.1, 0.15) is 5.82 Å². The standard InChI is InChI=1S/C23H27N5O.ClH/c1-3-18-8-10-19(11-9-18)17-27-13-6-14-28(16-15-27)22-20(7-5-12-24-22)23-25-21(4-2)26-29-23;/h3,5,7-12H,1,4,6,13-17H2,2H3;1H. The molecule has 7 heteroatoms. The number of benzene rings is 1. The zero-order valence-corrected chi connectivity index (χ0v) is 18.1. The summed E-state index contributed by atoms with van der Waals surface area (Å²) in [7, 11) is 0. The van der Waals surface area contributed by atoms with Crippen LogP contribution in [0.5, 0.6) is 0 Å². The fraction of sp³-hybridized carbons (Fsp3) is 0.348. The summed E-state index contributed by atoms with van der Waals surface area (Å²) in [5.74, 6) is 2.20. The number of halogens is 1. The predicted octanol–water partition coefficient (Wildman–Crippen LogP) is 4.47. The normalized spacial score (nSPS) is 14.8. The van der Waals surface area contributed by atoms with Gasteiger partial charge in [0, 0.05) is 45.3 Å². The van der Waals surface area contributed by atoms with Gasteiger partial charge in [0.2, 0.25) is 0 Å². The van der Waals surface area contributed by atoms with E-state index in [0.29, 0.717) is 5.89 Å². The van der Waals surface area contributed by atoms with Gasteiger partial charge in [-0.15, -0.1) is 12.4 Å². The molecule has 3 heterocycles. The summed E-state index contributed by atoms with van der Waals surface area (Å²) in [5.41, 5.74) is 3.40. The quantitative estimate of drug-likeness (QED) is 0.580. The molecule has 2 aromatic heterocycles. The molecule has 30 heavy (non-hydrogen) atoms. The lowest BCUT2D eigenvalue weighted by molar-refractivity contribution is 0.285. The number of rotatable bonds is 6. The van der Waals surface area contributed by atoms with Gasteiger partial charge in [0.05, 0.1) is 5.56 Å². The Bertz CT molecular complexity index is 956. The van der Waals surface area contributed by atoms with Crippen LogP contribution in [0.1, 0.15) is 30.3 Å². The summed E-state index contributed by atoms with van der Waals surface area (Å²) >= 11 is 0. The lowest BCUT2D eigenvalue weighted by atomic mass is 10.1. The third-order valence-corrected chi connectivity index (χ3v) is 5.31. The molecular weight excluding hydrogens is 398 g/mol. The van der Waals surface area contributed by atoms with Crippen LogP contribution in [-0.4, -0.2) is 46.2 Å². The van der Waals surface area contributed by atoms with Crippen molar-refractivity contribution >= 4 is 24.3 Å². The van der Waals surface area contributed by atoms with E-state index in [4.69, 9.17) is 4.52 Å². The van der Waals surface area contributed by atoms with E-state index in [0.717, 1.165) is 68.3 Å². The number of nitrogens with zero attached hydrogens (tertiary/aromatic N) is 5. The molecule has 1 saturated heterocycles. The van der Waals surface area contributed by atoms with Crippen molar-refractivity contribution in [2.75, 3.05) is 31.1 Å². The number of pyridine rings is 1. The van der Waals surface area contributed by atoms with E-state index in [9.17, 15) is 0 Å². The van der Waals surface area contributed by atoms with Crippen LogP contribution in [0.3, 0.4) is 0 Å². The van der Waals surface area contributed by atoms with Gasteiger partial charge < -0.3 is 9.42 Å². The summed E-state index contributed by atoms with van der Waals surface area (Å²) in [5, 5.41) is 4.04. The second-order valence-corrected chi connectivity index (χ2v) is 7.31. The average Bonchev–Trinajstić information content (AvgIpc) is 3.14. The number of hydrogen-bond acceptors (Lipinski definition) is 6. The Labute approximate surface area is 184 Å². The number of aryl methyl sites for hydroxylation is 1. The first kappa shape index (κ1) is 22.0. The van der Waals surface area contributed by atoms with Gasteiger partial charge in [-0.1, -0.05) is 49.0 Å². The minimum absolute atomic E-state index is 0. The second kappa shape index (κ2) is 10.4. The molecule has 6 nitrogen and oxygen atoms in total. The molecule has 0 N–H and O–H groups in total. The van der Waals surface area contributed by atoms with Gasteiger partial charge in [-0.3, -0.25) is 4.90 Å². The third kappa shape index (κ3) is 5.07. The first-order valence-corrected chi connectivity index (χ1v) is 10.2. The maximum Gasteiger partial charge on any atom is 0.261 e. The van der Waals surface area contributed by atoms with Gasteiger partial charge in [-0.05, 0) is 29.7 Å². The Morgan fingerprint density at radius 3 is 2.67 bits per heavy atom. The van der Waals surface area contributed by atoms with Gasteiger partial charge in [0.25, 0.3) is 5.89 Å². The smallest absolute Gasteiger partial charge is 0.261 e. The maximum absolute atomic E-state index is 5.48. The fourth-order valence-corrected chi connectivity index (χ4v) is 3.68. The van der Waals surface area contributed by atoms with Crippen molar-refractivity contribution in [3.8, 4) is 11.5 Å². The van der Waals surface area contributed by atoms with Crippen LogP contribution >= 0.6 is 12.4 Å². The van der Waals surface area contributed by atoms with Crippen molar-refractivity contribution in [2.45, 2.75) is 26.3 Å². The van der Waals surface area contributed by atoms with E-state index in [1.54, 1.807) is 0 Å². The van der Waals surface area contributed by atoms with Crippen LogP contribution in [0, 0.1) is 0 Å². The zero-order chi connectivity index (χ0) is 20.1. The fourth-order valence-electron chi connectivity index (χ4n) is 3.68. The summed E-state index contributed by atoms with van der Waals surface area (Å²) in [6.45, 7) is 10.8. The molecule has 0 saturated carbocycles. The lowest BCUT2D eigenvalue weighted by Gasteiger charge is -2.24. The third-order valence-electron chi connectivity index (χ3n) is 5.31. The molecule has 0 atom stereocenters. The van der Waals surface area contributed by atoms with Crippen molar-refractivity contribution in [3.05, 3.63) is 66.1 Å². The Kier molecular flexibility index (Phi) is 7.60. The molecule has 0 aliphatic carbocycles. The van der Waals surface area contributed by atoms with Crippen LogP contribution < -0.4 is 4.90 Å².